The van der Waals surface area contributed by atoms with E-state index in [9.17, 15) is 24.5 Å². The number of amides is 3. The first kappa shape index (κ1) is 32.0. The Morgan fingerprint density at radius 3 is 2.32 bits per heavy atom. The van der Waals surface area contributed by atoms with Gasteiger partial charge in [-0.1, -0.05) is 54.2 Å². The molecule has 1 heterocycles. The van der Waals surface area contributed by atoms with E-state index in [1.165, 1.54) is 19.1 Å². The van der Waals surface area contributed by atoms with Crippen molar-refractivity contribution in [3.63, 3.8) is 0 Å². The molecule has 1 saturated heterocycles. The summed E-state index contributed by atoms with van der Waals surface area (Å²) in [7, 11) is 2.09. The van der Waals surface area contributed by atoms with E-state index in [-0.39, 0.29) is 23.1 Å². The van der Waals surface area contributed by atoms with Crippen LogP contribution in [-0.4, -0.2) is 108 Å². The maximum atomic E-state index is 13.5. The van der Waals surface area contributed by atoms with Crippen LogP contribution in [0.3, 0.4) is 0 Å². The molecule has 1 atom stereocenters. The Morgan fingerprint density at radius 1 is 1.00 bits per heavy atom. The molecule has 0 bridgehead atoms. The first-order valence-corrected chi connectivity index (χ1v) is 14.8. The van der Waals surface area contributed by atoms with Gasteiger partial charge in [0.25, 0.3) is 5.69 Å². The molecule has 0 radical (unpaired) electrons. The van der Waals surface area contributed by atoms with Crippen LogP contribution in [0.5, 0.6) is 0 Å². The van der Waals surface area contributed by atoms with Crippen LogP contribution in [0.25, 0.3) is 0 Å². The molecule has 1 fully saturated rings. The third-order valence-electron chi connectivity index (χ3n) is 6.99. The van der Waals surface area contributed by atoms with Gasteiger partial charge in [0, 0.05) is 83.6 Å². The number of nitro groups is 1. The predicted octanol–water partition coefficient (Wildman–Crippen LogP) is 2.40. The van der Waals surface area contributed by atoms with Crippen LogP contribution >= 0.6 is 11.8 Å². The summed E-state index contributed by atoms with van der Waals surface area (Å²) in [5, 5.41) is 16.9. The minimum Gasteiger partial charge on any atom is -0.353 e. The van der Waals surface area contributed by atoms with Crippen LogP contribution in [0.1, 0.15) is 18.1 Å². The van der Waals surface area contributed by atoms with Gasteiger partial charge in [0.15, 0.2) is 5.12 Å². The topological polar surface area (TPSA) is 128 Å². The van der Waals surface area contributed by atoms with Gasteiger partial charge in [-0.15, -0.1) is 0 Å². The number of likely N-dealkylation sites (N-methyl/N-ethyl adjacent to an activating group) is 1. The lowest BCUT2D eigenvalue weighted by Gasteiger charge is -2.32. The highest BCUT2D eigenvalue weighted by molar-refractivity contribution is 8.13. The fourth-order valence-corrected chi connectivity index (χ4v) is 5.09. The van der Waals surface area contributed by atoms with E-state index in [2.05, 4.69) is 27.5 Å². The number of non-ortho nitro benzene ring substituents is 1. The van der Waals surface area contributed by atoms with Gasteiger partial charge < -0.3 is 20.4 Å². The quantitative estimate of drug-likeness (QED) is 0.256. The van der Waals surface area contributed by atoms with Gasteiger partial charge >= 0.3 is 6.03 Å². The van der Waals surface area contributed by atoms with Crippen molar-refractivity contribution in [2.45, 2.75) is 25.8 Å². The molecule has 222 valence electrons. The average Bonchev–Trinajstić information content (AvgIpc) is 2.96. The molecule has 0 spiro atoms. The number of carbonyl (C=O) groups excluding carboxylic acids is 3. The maximum Gasteiger partial charge on any atom is 0.318 e. The summed E-state index contributed by atoms with van der Waals surface area (Å²) in [6.45, 7) is 7.24. The number of hydrogen-bond acceptors (Lipinski definition) is 8. The summed E-state index contributed by atoms with van der Waals surface area (Å²) in [4.78, 5) is 55.1. The van der Waals surface area contributed by atoms with E-state index in [0.29, 0.717) is 43.9 Å². The van der Waals surface area contributed by atoms with Gasteiger partial charge in [-0.2, -0.15) is 0 Å². The predicted molar refractivity (Wildman–Crippen MR) is 161 cm³/mol. The van der Waals surface area contributed by atoms with Crippen LogP contribution < -0.4 is 10.6 Å². The third kappa shape index (κ3) is 11.5. The highest BCUT2D eigenvalue weighted by Gasteiger charge is 2.25. The molecule has 3 rings (SSSR count). The van der Waals surface area contributed by atoms with Crippen LogP contribution in [-0.2, 0) is 22.4 Å². The molecule has 0 saturated carbocycles. The molecular formula is C29H40N6O5S. The third-order valence-corrected chi connectivity index (χ3v) is 7.78. The molecule has 41 heavy (non-hydrogen) atoms. The molecule has 2 aromatic carbocycles. The Bertz CT molecular complexity index is 1140. The van der Waals surface area contributed by atoms with E-state index in [1.807, 2.05) is 30.3 Å². The van der Waals surface area contributed by atoms with Crippen LogP contribution in [0, 0.1) is 10.1 Å². The van der Waals surface area contributed by atoms with Gasteiger partial charge in [-0.05, 0) is 24.6 Å². The molecule has 2 N–H and O–H groups in total. The van der Waals surface area contributed by atoms with Crippen molar-refractivity contribution in [1.82, 2.24) is 25.3 Å². The fraction of sp³-hybridized carbons (Fsp3) is 0.483. The molecule has 0 aromatic heterocycles. The first-order chi connectivity index (χ1) is 19.7. The van der Waals surface area contributed by atoms with Gasteiger partial charge in [0.2, 0.25) is 5.91 Å². The van der Waals surface area contributed by atoms with Crippen LogP contribution in [0.2, 0.25) is 0 Å². The standard InChI is InChI=1S/C29H40N6O5S/c1-23(36)41-21-20-34(14-12-24-6-4-3-5-7-24)29(38)31-27(22-25-8-10-26(11-9-25)35(39)40)28(37)30-13-15-33-18-16-32(2)17-19-33/h3-11,27H,12-22H2,1-2H3,(H,30,37)(H,31,38)/t27-/m0/s1. The summed E-state index contributed by atoms with van der Waals surface area (Å²) in [6, 6.07) is 14.5. The summed E-state index contributed by atoms with van der Waals surface area (Å²) < 4.78 is 0. The van der Waals surface area contributed by atoms with Gasteiger partial charge in [0.1, 0.15) is 6.04 Å². The smallest absolute Gasteiger partial charge is 0.318 e. The summed E-state index contributed by atoms with van der Waals surface area (Å²) >= 11 is 1.15. The van der Waals surface area contributed by atoms with Crippen molar-refractivity contribution in [3.05, 3.63) is 75.8 Å². The second kappa shape index (κ2) is 16.7. The normalized spacial score (nSPS) is 14.7. The molecule has 1 aliphatic rings. The number of nitro benzene ring substituents is 1. The number of nitrogens with one attached hydrogen (secondary N) is 2. The maximum absolute atomic E-state index is 13.5. The summed E-state index contributed by atoms with van der Waals surface area (Å²) in [5.41, 5.74) is 1.73. The van der Waals surface area contributed by atoms with E-state index in [4.69, 9.17) is 0 Å². The lowest BCUT2D eigenvalue weighted by molar-refractivity contribution is -0.384. The second-order valence-electron chi connectivity index (χ2n) is 10.1. The molecular weight excluding hydrogens is 544 g/mol. The zero-order valence-corrected chi connectivity index (χ0v) is 24.6. The van der Waals surface area contributed by atoms with Crippen molar-refractivity contribution in [2.24, 2.45) is 0 Å². The van der Waals surface area contributed by atoms with E-state index >= 15 is 0 Å². The number of benzene rings is 2. The molecule has 12 heteroatoms. The largest absolute Gasteiger partial charge is 0.353 e. The number of hydrogen-bond donors (Lipinski definition) is 2. The lowest BCUT2D eigenvalue weighted by atomic mass is 10.0. The number of rotatable bonds is 14. The Balaban J connectivity index is 1.68. The number of piperazine rings is 1. The average molecular weight is 585 g/mol. The van der Waals surface area contributed by atoms with Gasteiger partial charge in [-0.3, -0.25) is 24.6 Å². The SMILES string of the molecule is CC(=O)SCCN(CCc1ccccc1)C(=O)N[C@@H](Cc1ccc([N+](=O)[O-])cc1)C(=O)NCCN1CCN(C)CC1. The van der Waals surface area contributed by atoms with Crippen molar-refractivity contribution in [1.29, 1.82) is 0 Å². The van der Waals surface area contributed by atoms with Gasteiger partial charge in [0.05, 0.1) is 4.92 Å². The van der Waals surface area contributed by atoms with Gasteiger partial charge in [-0.25, -0.2) is 4.79 Å². The molecule has 11 nitrogen and oxygen atoms in total. The minimum absolute atomic E-state index is 0.0239. The number of carbonyl (C=O) groups is 3. The van der Waals surface area contributed by atoms with E-state index in [0.717, 1.165) is 43.5 Å². The van der Waals surface area contributed by atoms with Crippen molar-refractivity contribution in [2.75, 3.05) is 65.2 Å². The Kier molecular flexibility index (Phi) is 13.1. The number of urea groups is 1. The number of nitrogens with zero attached hydrogens (tertiary/aromatic N) is 4. The van der Waals surface area contributed by atoms with E-state index < -0.39 is 17.0 Å². The van der Waals surface area contributed by atoms with Crippen LogP contribution in [0.15, 0.2) is 54.6 Å². The Labute approximate surface area is 245 Å². The number of thioether (sulfide) groups is 1. The highest BCUT2D eigenvalue weighted by atomic mass is 32.2. The van der Waals surface area contributed by atoms with Crippen molar-refractivity contribution in [3.8, 4) is 0 Å². The minimum atomic E-state index is -0.879. The molecule has 0 aliphatic carbocycles. The summed E-state index contributed by atoms with van der Waals surface area (Å²) in [5.74, 6) is 0.133. The zero-order chi connectivity index (χ0) is 29.6. The lowest BCUT2D eigenvalue weighted by Crippen LogP contribution is -2.54. The Morgan fingerprint density at radius 2 is 1.68 bits per heavy atom. The molecule has 0 unspecified atom stereocenters. The summed E-state index contributed by atoms with van der Waals surface area (Å²) in [6.07, 6.45) is 0.808. The zero-order valence-electron chi connectivity index (χ0n) is 23.8. The van der Waals surface area contributed by atoms with Crippen LogP contribution in [0.4, 0.5) is 10.5 Å². The molecule has 1 aliphatic heterocycles. The monoisotopic (exact) mass is 584 g/mol. The first-order valence-electron chi connectivity index (χ1n) is 13.9. The van der Waals surface area contributed by atoms with E-state index in [1.54, 1.807) is 17.0 Å². The fourth-order valence-electron chi connectivity index (χ4n) is 4.49. The highest BCUT2D eigenvalue weighted by Crippen LogP contribution is 2.14. The Hall–Kier alpha value is -3.48. The molecule has 2 aromatic rings. The van der Waals surface area contributed by atoms with Crippen molar-refractivity contribution < 1.29 is 19.3 Å². The molecule has 3 amide bonds. The van der Waals surface area contributed by atoms with Crippen molar-refractivity contribution >= 4 is 34.5 Å². The second-order valence-corrected chi connectivity index (χ2v) is 11.4.